The Morgan fingerprint density at radius 3 is 2.67 bits per heavy atom. The number of benzene rings is 2. The van der Waals surface area contributed by atoms with Gasteiger partial charge >= 0.3 is 0 Å². The second-order valence-electron chi connectivity index (χ2n) is 6.18. The monoisotopic (exact) mass is 319 g/mol. The molecule has 1 fully saturated rings. The molecule has 0 radical (unpaired) electrons. The van der Waals surface area contributed by atoms with Crippen LogP contribution >= 0.6 is 0 Å². The predicted molar refractivity (Wildman–Crippen MR) is 94.8 cm³/mol. The van der Waals surface area contributed by atoms with Gasteiger partial charge in [-0.15, -0.1) is 0 Å². The smallest absolute Gasteiger partial charge is 0.253 e. The summed E-state index contributed by atoms with van der Waals surface area (Å²) >= 11 is 0. The van der Waals surface area contributed by atoms with Gasteiger partial charge in [0.1, 0.15) is 0 Å². The molecule has 2 aromatic carbocycles. The minimum Gasteiger partial charge on any atom is -0.371 e. The minimum absolute atomic E-state index is 0.0664. The van der Waals surface area contributed by atoms with Gasteiger partial charge in [0.05, 0.1) is 11.6 Å². The van der Waals surface area contributed by atoms with Gasteiger partial charge < -0.3 is 9.80 Å². The average molecular weight is 319 g/mol. The summed E-state index contributed by atoms with van der Waals surface area (Å²) in [5.74, 6) is -0.0664. The zero-order chi connectivity index (χ0) is 16.9. The number of rotatable bonds is 4. The highest BCUT2D eigenvalue weighted by Gasteiger charge is 2.18. The Balaban J connectivity index is 1.78. The summed E-state index contributed by atoms with van der Waals surface area (Å²) in [6.45, 7) is 2.72. The summed E-state index contributed by atoms with van der Waals surface area (Å²) in [4.78, 5) is 16.8. The molecular weight excluding hydrogens is 298 g/mol. The van der Waals surface area contributed by atoms with Crippen molar-refractivity contribution in [2.24, 2.45) is 0 Å². The lowest BCUT2D eigenvalue weighted by Crippen LogP contribution is -2.28. The molecule has 1 amide bonds. The lowest BCUT2D eigenvalue weighted by atomic mass is 10.1. The molecule has 1 saturated heterocycles. The highest BCUT2D eigenvalue weighted by Crippen LogP contribution is 2.25. The van der Waals surface area contributed by atoms with Crippen LogP contribution in [0.2, 0.25) is 0 Å². The lowest BCUT2D eigenvalue weighted by molar-refractivity contribution is 0.0785. The molecule has 0 unspecified atom stereocenters. The van der Waals surface area contributed by atoms with Crippen molar-refractivity contribution in [2.45, 2.75) is 19.4 Å². The fraction of sp³-hybridized carbons (Fsp3) is 0.300. The third kappa shape index (κ3) is 3.41. The molecule has 4 nitrogen and oxygen atoms in total. The van der Waals surface area contributed by atoms with Crippen molar-refractivity contribution in [1.29, 1.82) is 5.26 Å². The SMILES string of the molecule is CN(Cc1ccccc1N1CCCC1)C(=O)c1cccc(C#N)c1. The molecule has 0 saturated carbocycles. The van der Waals surface area contributed by atoms with Crippen LogP contribution in [0, 0.1) is 11.3 Å². The van der Waals surface area contributed by atoms with E-state index in [1.54, 1.807) is 29.2 Å². The number of carbonyl (C=O) groups is 1. The van der Waals surface area contributed by atoms with Crippen LogP contribution in [0.5, 0.6) is 0 Å². The summed E-state index contributed by atoms with van der Waals surface area (Å²) in [7, 11) is 1.81. The Labute approximate surface area is 142 Å². The summed E-state index contributed by atoms with van der Waals surface area (Å²) in [5.41, 5.74) is 3.44. The van der Waals surface area contributed by atoms with Crippen LogP contribution in [0.25, 0.3) is 0 Å². The fourth-order valence-electron chi connectivity index (χ4n) is 3.18. The van der Waals surface area contributed by atoms with Crippen LogP contribution in [-0.2, 0) is 6.54 Å². The van der Waals surface area contributed by atoms with Crippen molar-refractivity contribution in [2.75, 3.05) is 25.0 Å². The molecular formula is C20H21N3O. The summed E-state index contributed by atoms with van der Waals surface area (Å²) in [6, 6.07) is 17.2. The Kier molecular flexibility index (Phi) is 4.81. The maximum absolute atomic E-state index is 12.7. The van der Waals surface area contributed by atoms with Gasteiger partial charge in [0.25, 0.3) is 5.91 Å². The van der Waals surface area contributed by atoms with Crippen LogP contribution in [0.1, 0.15) is 34.3 Å². The molecule has 0 aliphatic carbocycles. The highest BCUT2D eigenvalue weighted by atomic mass is 16.2. The quantitative estimate of drug-likeness (QED) is 0.867. The Morgan fingerprint density at radius 1 is 1.17 bits per heavy atom. The van der Waals surface area contributed by atoms with Crippen molar-refractivity contribution in [1.82, 2.24) is 4.90 Å². The van der Waals surface area contributed by atoms with Gasteiger partial charge in [-0.3, -0.25) is 4.79 Å². The minimum atomic E-state index is -0.0664. The standard InChI is InChI=1S/C20H21N3O/c1-22(20(24)17-9-6-7-16(13-17)14-21)15-18-8-2-3-10-19(18)23-11-4-5-12-23/h2-3,6-10,13H,4-5,11-12,15H2,1H3. The Bertz CT molecular complexity index is 772. The van der Waals surface area contributed by atoms with E-state index < -0.39 is 0 Å². The van der Waals surface area contributed by atoms with Crippen LogP contribution in [0.15, 0.2) is 48.5 Å². The number of amides is 1. The van der Waals surface area contributed by atoms with Crippen LogP contribution in [0.3, 0.4) is 0 Å². The summed E-state index contributed by atoms with van der Waals surface area (Å²) in [5, 5.41) is 8.99. The first-order valence-corrected chi connectivity index (χ1v) is 8.27. The lowest BCUT2D eigenvalue weighted by Gasteiger charge is -2.24. The molecule has 4 heteroatoms. The third-order valence-corrected chi connectivity index (χ3v) is 4.43. The van der Waals surface area contributed by atoms with Gasteiger partial charge in [-0.1, -0.05) is 24.3 Å². The normalized spacial score (nSPS) is 13.6. The summed E-state index contributed by atoms with van der Waals surface area (Å²) < 4.78 is 0. The predicted octanol–water partition coefficient (Wildman–Crippen LogP) is 3.43. The molecule has 0 bridgehead atoms. The van der Waals surface area contributed by atoms with Crippen LogP contribution < -0.4 is 4.90 Å². The van der Waals surface area contributed by atoms with Crippen molar-refractivity contribution >= 4 is 11.6 Å². The number of nitrogens with zero attached hydrogens (tertiary/aromatic N) is 3. The Hall–Kier alpha value is -2.80. The molecule has 3 rings (SSSR count). The molecule has 2 aromatic rings. The number of carbonyl (C=O) groups excluding carboxylic acids is 1. The molecule has 0 atom stereocenters. The molecule has 0 spiro atoms. The number of hydrogen-bond donors (Lipinski definition) is 0. The fourth-order valence-corrected chi connectivity index (χ4v) is 3.18. The van der Waals surface area contributed by atoms with E-state index in [-0.39, 0.29) is 5.91 Å². The molecule has 1 heterocycles. The van der Waals surface area contributed by atoms with E-state index in [2.05, 4.69) is 29.2 Å². The first-order valence-electron chi connectivity index (χ1n) is 8.27. The first kappa shape index (κ1) is 16.1. The largest absolute Gasteiger partial charge is 0.371 e. The number of nitriles is 1. The van der Waals surface area contributed by atoms with E-state index in [9.17, 15) is 4.79 Å². The molecule has 0 N–H and O–H groups in total. The Morgan fingerprint density at radius 2 is 1.92 bits per heavy atom. The molecule has 24 heavy (non-hydrogen) atoms. The number of para-hydroxylation sites is 1. The molecule has 122 valence electrons. The van der Waals surface area contributed by atoms with E-state index in [1.165, 1.54) is 18.5 Å². The highest BCUT2D eigenvalue weighted by molar-refractivity contribution is 5.94. The number of hydrogen-bond acceptors (Lipinski definition) is 3. The van der Waals surface area contributed by atoms with Gasteiger partial charge in [-0.2, -0.15) is 5.26 Å². The van der Waals surface area contributed by atoms with Crippen LogP contribution in [-0.4, -0.2) is 30.9 Å². The topological polar surface area (TPSA) is 47.3 Å². The third-order valence-electron chi connectivity index (χ3n) is 4.43. The van der Waals surface area contributed by atoms with Gasteiger partial charge in [0.15, 0.2) is 0 Å². The number of anilines is 1. The summed E-state index contributed by atoms with van der Waals surface area (Å²) in [6.07, 6.45) is 2.45. The maximum Gasteiger partial charge on any atom is 0.253 e. The van der Waals surface area contributed by atoms with E-state index in [1.807, 2.05) is 13.1 Å². The van der Waals surface area contributed by atoms with Gasteiger partial charge in [-0.25, -0.2) is 0 Å². The first-order chi connectivity index (χ1) is 11.7. The van der Waals surface area contributed by atoms with Gasteiger partial charge in [0, 0.05) is 37.9 Å². The van der Waals surface area contributed by atoms with Gasteiger partial charge in [-0.05, 0) is 42.7 Å². The maximum atomic E-state index is 12.7. The van der Waals surface area contributed by atoms with E-state index in [4.69, 9.17) is 5.26 Å². The van der Waals surface area contributed by atoms with Gasteiger partial charge in [0.2, 0.25) is 0 Å². The van der Waals surface area contributed by atoms with Crippen molar-refractivity contribution in [3.8, 4) is 6.07 Å². The zero-order valence-electron chi connectivity index (χ0n) is 13.9. The molecule has 0 aromatic heterocycles. The molecule has 1 aliphatic heterocycles. The average Bonchev–Trinajstić information content (AvgIpc) is 3.16. The zero-order valence-corrected chi connectivity index (χ0v) is 13.9. The molecule has 1 aliphatic rings. The second-order valence-corrected chi connectivity index (χ2v) is 6.18. The van der Waals surface area contributed by atoms with Crippen molar-refractivity contribution in [3.63, 3.8) is 0 Å². The van der Waals surface area contributed by atoms with Crippen LogP contribution in [0.4, 0.5) is 5.69 Å². The second kappa shape index (κ2) is 7.18. The van der Waals surface area contributed by atoms with Crippen molar-refractivity contribution < 1.29 is 4.79 Å². The van der Waals surface area contributed by atoms with E-state index in [0.29, 0.717) is 17.7 Å². The van der Waals surface area contributed by atoms with Crippen molar-refractivity contribution in [3.05, 3.63) is 65.2 Å². The van der Waals surface area contributed by atoms with E-state index in [0.717, 1.165) is 18.7 Å². The van der Waals surface area contributed by atoms with E-state index >= 15 is 0 Å².